The van der Waals surface area contributed by atoms with Crippen molar-refractivity contribution in [3.63, 3.8) is 0 Å². The molecule has 6 aromatic rings. The van der Waals surface area contributed by atoms with Gasteiger partial charge in [-0.3, -0.25) is 14.4 Å². The number of aliphatic hydroxyl groups excluding tert-OH is 1. The first kappa shape index (κ1) is 44.4. The van der Waals surface area contributed by atoms with Crippen molar-refractivity contribution in [2.24, 2.45) is 37.8 Å². The van der Waals surface area contributed by atoms with E-state index < -0.39 is 41.6 Å². The second-order valence-corrected chi connectivity index (χ2v) is 18.9. The van der Waals surface area contributed by atoms with Crippen LogP contribution >= 0.6 is 0 Å². The molecule has 360 valence electrons. The van der Waals surface area contributed by atoms with Crippen LogP contribution in [0.1, 0.15) is 109 Å². The van der Waals surface area contributed by atoms with E-state index in [0.717, 1.165) is 48.5 Å². The maximum atomic E-state index is 13.5. The highest BCUT2D eigenvalue weighted by atomic mass is 19.3. The molecule has 0 bridgehead atoms. The van der Waals surface area contributed by atoms with E-state index in [4.69, 9.17) is 0 Å². The van der Waals surface area contributed by atoms with Crippen molar-refractivity contribution < 1.29 is 37.1 Å². The fourth-order valence-corrected chi connectivity index (χ4v) is 10.5. The van der Waals surface area contributed by atoms with Crippen molar-refractivity contribution in [3.8, 4) is 0 Å². The summed E-state index contributed by atoms with van der Waals surface area (Å²) in [7, 11) is 3.87. The van der Waals surface area contributed by atoms with Crippen LogP contribution < -0.4 is 20.4 Å². The van der Waals surface area contributed by atoms with Gasteiger partial charge >= 0.3 is 0 Å². The van der Waals surface area contributed by atoms with Gasteiger partial charge in [0, 0.05) is 57.2 Å². The molecule has 0 aromatic carbocycles. The summed E-state index contributed by atoms with van der Waals surface area (Å²) in [5, 5.41) is 32.3. The first-order valence-electron chi connectivity index (χ1n) is 22.9. The Balaban J connectivity index is 0.000000151. The van der Waals surface area contributed by atoms with E-state index in [1.165, 1.54) is 15.6 Å². The van der Waals surface area contributed by atoms with Crippen molar-refractivity contribution in [3.05, 3.63) is 106 Å². The fraction of sp³-hybridized carbons (Fsp3) is 0.489. The zero-order valence-electron chi connectivity index (χ0n) is 37.8. The maximum absolute atomic E-state index is 13.5. The van der Waals surface area contributed by atoms with Crippen molar-refractivity contribution in [2.75, 3.05) is 36.0 Å². The van der Waals surface area contributed by atoms with Gasteiger partial charge < -0.3 is 34.7 Å². The number of carbonyl (C=O) groups excluding carboxylic acids is 3. The quantitative estimate of drug-likeness (QED) is 0.119. The molecule has 2 saturated heterocycles. The van der Waals surface area contributed by atoms with E-state index in [9.17, 15) is 37.1 Å². The van der Waals surface area contributed by atoms with E-state index in [2.05, 4.69) is 51.2 Å². The number of pyridine rings is 2. The Morgan fingerprint density at radius 2 is 1.17 bits per heavy atom. The normalized spacial score (nSPS) is 24.5. The van der Waals surface area contributed by atoms with E-state index in [0.29, 0.717) is 34.7 Å². The fourth-order valence-electron chi connectivity index (χ4n) is 10.5. The van der Waals surface area contributed by atoms with Gasteiger partial charge in [-0.1, -0.05) is 22.6 Å². The SMILES string of the molecule is CC(O)c1nc(N2CC3C(C2)C3(F)F)ccc1Cn1cc(C(=O)N[C@@H]2CCc3c2ncn3C)nn1.Cn1cnc2c1CC[C@H]2NC(=O)c1cn(Cc2ccc(N3CC4C(C3)C4(F)F)nc2C=O)nn1. The molecule has 4 fully saturated rings. The number of imidazole rings is 2. The molecule has 6 aliphatic rings. The summed E-state index contributed by atoms with van der Waals surface area (Å²) in [6.07, 6.45) is 9.62. The van der Waals surface area contributed by atoms with Gasteiger partial charge in [0.1, 0.15) is 17.3 Å². The number of aryl methyl sites for hydroxylation is 2. The lowest BCUT2D eigenvalue weighted by Gasteiger charge is -2.23. The topological polar surface area (TPSA) is 225 Å². The minimum absolute atomic E-state index is 0.154. The minimum atomic E-state index is -2.57. The molecule has 6 aromatic heterocycles. The number of hydrogen-bond acceptors (Lipinski definition) is 14. The molecule has 24 heteroatoms. The number of nitrogens with one attached hydrogen (secondary N) is 2. The summed E-state index contributed by atoms with van der Waals surface area (Å²) in [6, 6.07) is 6.73. The minimum Gasteiger partial charge on any atom is -0.387 e. The van der Waals surface area contributed by atoms with Crippen molar-refractivity contribution in [1.82, 2.24) is 69.7 Å². The molecular formula is C45H48F4N16O4. The Morgan fingerprint density at radius 3 is 1.64 bits per heavy atom. The third-order valence-corrected chi connectivity index (χ3v) is 14.6. The highest BCUT2D eigenvalue weighted by molar-refractivity contribution is 5.92. The average molecular weight is 953 g/mol. The first-order chi connectivity index (χ1) is 33.1. The second-order valence-electron chi connectivity index (χ2n) is 18.9. The van der Waals surface area contributed by atoms with Crippen LogP contribution in [0.2, 0.25) is 0 Å². The highest BCUT2D eigenvalue weighted by Crippen LogP contribution is 2.60. The van der Waals surface area contributed by atoms with Crippen LogP contribution in [0.15, 0.2) is 49.3 Å². The zero-order valence-corrected chi connectivity index (χ0v) is 37.8. The number of nitrogens with zero attached hydrogens (tertiary/aromatic N) is 14. The number of rotatable bonds is 12. The van der Waals surface area contributed by atoms with E-state index in [-0.39, 0.29) is 80.2 Å². The maximum Gasteiger partial charge on any atom is 0.274 e. The smallest absolute Gasteiger partial charge is 0.274 e. The molecule has 5 unspecified atom stereocenters. The van der Waals surface area contributed by atoms with Crippen LogP contribution in [-0.4, -0.2) is 120 Å². The summed E-state index contributed by atoms with van der Waals surface area (Å²) < 4.78 is 60.9. The van der Waals surface area contributed by atoms with Crippen LogP contribution in [-0.2, 0) is 40.0 Å². The van der Waals surface area contributed by atoms with Gasteiger partial charge in [0.05, 0.1) is 97.1 Å². The Bertz CT molecular complexity index is 2970. The number of carbonyl (C=O) groups is 3. The van der Waals surface area contributed by atoms with Gasteiger partial charge in [0.25, 0.3) is 23.7 Å². The molecule has 4 aliphatic carbocycles. The lowest BCUT2D eigenvalue weighted by molar-refractivity contribution is 0.0791. The predicted octanol–water partition coefficient (Wildman–Crippen LogP) is 3.01. The third-order valence-electron chi connectivity index (χ3n) is 14.6. The van der Waals surface area contributed by atoms with Crippen LogP contribution in [0.25, 0.3) is 0 Å². The largest absolute Gasteiger partial charge is 0.387 e. The highest BCUT2D eigenvalue weighted by Gasteiger charge is 2.72. The number of halogens is 4. The number of piperidine rings is 2. The van der Waals surface area contributed by atoms with Gasteiger partial charge in [0.2, 0.25) is 0 Å². The monoisotopic (exact) mass is 952 g/mol. The number of aromatic nitrogens is 12. The van der Waals surface area contributed by atoms with Crippen molar-refractivity contribution in [1.29, 1.82) is 0 Å². The number of anilines is 2. The lowest BCUT2D eigenvalue weighted by Crippen LogP contribution is -2.28. The predicted molar refractivity (Wildman–Crippen MR) is 234 cm³/mol. The van der Waals surface area contributed by atoms with Gasteiger partial charge in [-0.25, -0.2) is 46.9 Å². The molecule has 12 rings (SSSR count). The molecular weight excluding hydrogens is 905 g/mol. The number of aldehydes is 1. The van der Waals surface area contributed by atoms with Crippen LogP contribution in [0.3, 0.4) is 0 Å². The number of alkyl halides is 4. The molecule has 2 saturated carbocycles. The van der Waals surface area contributed by atoms with Gasteiger partial charge in [-0.05, 0) is 50.3 Å². The standard InChI is InChI=1S/C23H26F2N8O2.C22H22F2N8O2/c1-12(34)20-13(3-6-19(28-20)32-8-14-15(9-32)23(14,24)25)7-33-10-17(29-30-33)22(35)27-16-4-5-18-21(16)26-11-31(18)2;1-30-11-25-20-15(3-4-18(20)30)27-21(34)16-9-32(29-28-16)6-12-2-5-19(26-17(12)10-33)31-7-13-14(8-31)22(13,23)24/h3,6,10-12,14-16,34H,4-5,7-9H2,1-2H3,(H,27,35);2,5,9-11,13-15H,3-4,6-8H2,1H3,(H,27,34)/t12?,14?,15?,16-;13?,14?,15-/m11/s1. The molecule has 20 nitrogen and oxygen atoms in total. The molecule has 8 heterocycles. The summed E-state index contributed by atoms with van der Waals surface area (Å²) >= 11 is 0. The van der Waals surface area contributed by atoms with E-state index in [1.54, 1.807) is 48.9 Å². The Hall–Kier alpha value is -7.11. The first-order valence-corrected chi connectivity index (χ1v) is 22.9. The molecule has 7 atom stereocenters. The Morgan fingerprint density at radius 1 is 0.725 bits per heavy atom. The van der Waals surface area contributed by atoms with Gasteiger partial charge in [-0.2, -0.15) is 0 Å². The van der Waals surface area contributed by atoms with E-state index >= 15 is 0 Å². The molecule has 3 N–H and O–H groups in total. The number of hydrogen-bond donors (Lipinski definition) is 3. The second kappa shape index (κ2) is 16.5. The number of amides is 2. The molecule has 0 radical (unpaired) electrons. The molecule has 0 spiro atoms. The summed E-state index contributed by atoms with van der Waals surface area (Å²) in [6.45, 7) is 3.08. The molecule has 2 amide bonds. The van der Waals surface area contributed by atoms with E-state index in [1.807, 2.05) is 34.2 Å². The number of aliphatic hydroxyl groups is 1. The van der Waals surface area contributed by atoms with Crippen LogP contribution in [0.4, 0.5) is 29.2 Å². The van der Waals surface area contributed by atoms with Gasteiger partial charge in [0.15, 0.2) is 17.7 Å². The zero-order chi connectivity index (χ0) is 48.1. The lowest BCUT2D eigenvalue weighted by atomic mass is 10.1. The average Bonchev–Trinajstić information content (AvgIpc) is 4.12. The van der Waals surface area contributed by atoms with Crippen LogP contribution in [0, 0.1) is 23.7 Å². The Kier molecular flexibility index (Phi) is 10.6. The third kappa shape index (κ3) is 7.96. The number of fused-ring (bicyclic) bond motifs is 4. The van der Waals surface area contributed by atoms with Gasteiger partial charge in [-0.15, -0.1) is 10.2 Å². The molecule has 69 heavy (non-hydrogen) atoms. The van der Waals surface area contributed by atoms with Crippen molar-refractivity contribution in [2.45, 2.75) is 75.7 Å². The summed E-state index contributed by atoms with van der Waals surface area (Å²) in [5.74, 6) is -7.16. The van der Waals surface area contributed by atoms with Crippen molar-refractivity contribution >= 4 is 29.7 Å². The summed E-state index contributed by atoms with van der Waals surface area (Å²) in [5.41, 5.74) is 6.33. The van der Waals surface area contributed by atoms with Crippen LogP contribution in [0.5, 0.6) is 0 Å². The Labute approximate surface area is 391 Å². The molecule has 2 aliphatic heterocycles. The summed E-state index contributed by atoms with van der Waals surface area (Å²) in [4.78, 5) is 58.4.